The molecule has 3 rings (SSSR count). The van der Waals surface area contributed by atoms with Crippen molar-refractivity contribution in [1.82, 2.24) is 19.5 Å². The summed E-state index contributed by atoms with van der Waals surface area (Å²) in [6.07, 6.45) is 7.88. The van der Waals surface area contributed by atoms with Crippen LogP contribution in [0, 0.1) is 5.82 Å². The summed E-state index contributed by atoms with van der Waals surface area (Å²) in [6.45, 7) is 1.63. The lowest BCUT2D eigenvalue weighted by Gasteiger charge is -2.08. The van der Waals surface area contributed by atoms with Crippen LogP contribution < -0.4 is 5.32 Å². The van der Waals surface area contributed by atoms with Crippen LogP contribution in [0.4, 0.5) is 10.2 Å². The van der Waals surface area contributed by atoms with E-state index < -0.39 is 0 Å². The highest BCUT2D eigenvalue weighted by molar-refractivity contribution is 5.88. The molecule has 0 saturated carbocycles. The van der Waals surface area contributed by atoms with Crippen molar-refractivity contribution in [3.8, 4) is 0 Å². The highest BCUT2D eigenvalue weighted by atomic mass is 19.1. The van der Waals surface area contributed by atoms with Gasteiger partial charge in [-0.15, -0.1) is 0 Å². The summed E-state index contributed by atoms with van der Waals surface area (Å²) >= 11 is 0. The number of rotatable bonds is 5. The number of aromatic nitrogens is 4. The average Bonchev–Trinajstić information content (AvgIpc) is 2.97. The first-order valence-electron chi connectivity index (χ1n) is 6.43. The number of aryl methyl sites for hydroxylation is 1. The Bertz CT molecular complexity index is 696. The van der Waals surface area contributed by atoms with Gasteiger partial charge in [0.25, 0.3) is 0 Å². The lowest BCUT2D eigenvalue weighted by atomic mass is 10.2. The van der Waals surface area contributed by atoms with Crippen molar-refractivity contribution in [2.45, 2.75) is 13.0 Å². The molecule has 102 valence electrons. The van der Waals surface area contributed by atoms with Crippen molar-refractivity contribution in [3.63, 3.8) is 0 Å². The van der Waals surface area contributed by atoms with Crippen LogP contribution in [0.3, 0.4) is 0 Å². The largest absolute Gasteiger partial charge is 0.369 e. The van der Waals surface area contributed by atoms with E-state index >= 15 is 0 Å². The minimum atomic E-state index is -0.284. The first-order valence-corrected chi connectivity index (χ1v) is 6.43. The number of nitrogens with one attached hydrogen (secondary N) is 1. The zero-order valence-corrected chi connectivity index (χ0v) is 10.8. The van der Waals surface area contributed by atoms with Gasteiger partial charge in [0.15, 0.2) is 0 Å². The molecule has 3 aromatic rings. The van der Waals surface area contributed by atoms with Crippen LogP contribution in [0.25, 0.3) is 10.9 Å². The van der Waals surface area contributed by atoms with Gasteiger partial charge >= 0.3 is 0 Å². The molecule has 0 bridgehead atoms. The molecule has 20 heavy (non-hydrogen) atoms. The molecule has 0 atom stereocenters. The summed E-state index contributed by atoms with van der Waals surface area (Å²) in [5.74, 6) is 0.383. The van der Waals surface area contributed by atoms with Gasteiger partial charge in [0.05, 0.1) is 11.8 Å². The highest BCUT2D eigenvalue weighted by Gasteiger charge is 2.04. The van der Waals surface area contributed by atoms with Gasteiger partial charge in [0, 0.05) is 30.9 Å². The van der Waals surface area contributed by atoms with Crippen LogP contribution in [0.5, 0.6) is 0 Å². The molecule has 0 amide bonds. The molecule has 1 aromatic carbocycles. The fourth-order valence-corrected chi connectivity index (χ4v) is 2.06. The number of halogens is 1. The van der Waals surface area contributed by atoms with Crippen molar-refractivity contribution in [2.75, 3.05) is 11.9 Å². The minimum absolute atomic E-state index is 0.284. The summed E-state index contributed by atoms with van der Waals surface area (Å²) in [5.41, 5.74) is 0.735. The van der Waals surface area contributed by atoms with Crippen molar-refractivity contribution in [2.24, 2.45) is 0 Å². The molecular weight excluding hydrogens is 257 g/mol. The van der Waals surface area contributed by atoms with Crippen LogP contribution in [-0.4, -0.2) is 26.1 Å². The fraction of sp³-hybridized carbons (Fsp3) is 0.214. The van der Waals surface area contributed by atoms with Gasteiger partial charge in [-0.1, -0.05) is 0 Å². The van der Waals surface area contributed by atoms with Crippen LogP contribution in [0.15, 0.2) is 43.2 Å². The van der Waals surface area contributed by atoms with Crippen LogP contribution in [-0.2, 0) is 6.54 Å². The number of anilines is 1. The van der Waals surface area contributed by atoms with Crippen molar-refractivity contribution in [1.29, 1.82) is 0 Å². The second-order valence-corrected chi connectivity index (χ2v) is 4.46. The smallest absolute Gasteiger partial charge is 0.137 e. The van der Waals surface area contributed by atoms with Crippen LogP contribution in [0.2, 0.25) is 0 Å². The molecule has 2 aromatic heterocycles. The molecular formula is C14H14FN5. The quantitative estimate of drug-likeness (QED) is 0.724. The van der Waals surface area contributed by atoms with Crippen molar-refractivity contribution < 1.29 is 4.39 Å². The molecule has 0 fully saturated rings. The summed E-state index contributed by atoms with van der Waals surface area (Å²) in [7, 11) is 0. The molecule has 0 spiro atoms. The molecule has 0 aliphatic rings. The molecule has 0 aliphatic heterocycles. The lowest BCUT2D eigenvalue weighted by molar-refractivity contribution is 0.629. The van der Waals surface area contributed by atoms with Gasteiger partial charge < -0.3 is 9.88 Å². The zero-order chi connectivity index (χ0) is 13.8. The Kier molecular flexibility index (Phi) is 3.54. The number of hydrogen-bond acceptors (Lipinski definition) is 4. The van der Waals surface area contributed by atoms with Gasteiger partial charge in [0.2, 0.25) is 0 Å². The molecule has 1 N–H and O–H groups in total. The Morgan fingerprint density at radius 2 is 2.20 bits per heavy atom. The second-order valence-electron chi connectivity index (χ2n) is 4.46. The number of nitrogens with zero attached hydrogens (tertiary/aromatic N) is 4. The average molecular weight is 271 g/mol. The summed E-state index contributed by atoms with van der Waals surface area (Å²) in [6, 6.07) is 4.51. The predicted octanol–water partition coefficient (Wildman–Crippen LogP) is 2.47. The Balaban J connectivity index is 1.66. The number of imidazole rings is 1. The van der Waals surface area contributed by atoms with E-state index in [9.17, 15) is 4.39 Å². The van der Waals surface area contributed by atoms with Gasteiger partial charge in [-0.3, -0.25) is 0 Å². The molecule has 0 saturated heterocycles. The van der Waals surface area contributed by atoms with Crippen LogP contribution in [0.1, 0.15) is 6.42 Å². The summed E-state index contributed by atoms with van der Waals surface area (Å²) in [5, 5.41) is 3.93. The molecule has 5 nitrogen and oxygen atoms in total. The van der Waals surface area contributed by atoms with Gasteiger partial charge in [0.1, 0.15) is 18.0 Å². The normalized spacial score (nSPS) is 10.8. The molecule has 6 heteroatoms. The van der Waals surface area contributed by atoms with E-state index in [1.165, 1.54) is 18.5 Å². The molecule has 0 unspecified atom stereocenters. The minimum Gasteiger partial charge on any atom is -0.369 e. The SMILES string of the molecule is Fc1ccc2ncnc(NCCCn3ccnc3)c2c1. The molecule has 0 radical (unpaired) electrons. The van der Waals surface area contributed by atoms with Gasteiger partial charge in [-0.25, -0.2) is 19.3 Å². The molecule has 2 heterocycles. The topological polar surface area (TPSA) is 55.6 Å². The van der Waals surface area contributed by atoms with E-state index in [-0.39, 0.29) is 5.82 Å². The second kappa shape index (κ2) is 5.64. The highest BCUT2D eigenvalue weighted by Crippen LogP contribution is 2.19. The van der Waals surface area contributed by atoms with Crippen molar-refractivity contribution in [3.05, 3.63) is 49.1 Å². The van der Waals surface area contributed by atoms with Gasteiger partial charge in [-0.05, 0) is 24.6 Å². The fourth-order valence-electron chi connectivity index (χ4n) is 2.06. The molecule has 0 aliphatic carbocycles. The third-order valence-electron chi connectivity index (χ3n) is 3.04. The third kappa shape index (κ3) is 2.74. The monoisotopic (exact) mass is 271 g/mol. The van der Waals surface area contributed by atoms with Crippen molar-refractivity contribution >= 4 is 16.7 Å². The zero-order valence-electron chi connectivity index (χ0n) is 10.8. The van der Waals surface area contributed by atoms with E-state index in [1.54, 1.807) is 18.6 Å². The van der Waals surface area contributed by atoms with E-state index in [0.717, 1.165) is 25.0 Å². The number of hydrogen-bond donors (Lipinski definition) is 1. The maximum absolute atomic E-state index is 13.3. The maximum atomic E-state index is 13.3. The first kappa shape index (κ1) is 12.5. The van der Waals surface area contributed by atoms with E-state index in [0.29, 0.717) is 11.2 Å². The number of benzene rings is 1. The number of fused-ring (bicyclic) bond motifs is 1. The first-order chi connectivity index (χ1) is 9.83. The van der Waals surface area contributed by atoms with Gasteiger partial charge in [-0.2, -0.15) is 0 Å². The third-order valence-corrected chi connectivity index (χ3v) is 3.04. The summed E-state index contributed by atoms with van der Waals surface area (Å²) < 4.78 is 15.3. The Labute approximate surface area is 115 Å². The standard InChI is InChI=1S/C14H14FN5/c15-11-2-3-13-12(8-11)14(19-9-18-13)17-4-1-6-20-7-5-16-10-20/h2-3,5,7-10H,1,4,6H2,(H,17,18,19). The Morgan fingerprint density at radius 3 is 3.05 bits per heavy atom. The maximum Gasteiger partial charge on any atom is 0.137 e. The summed E-state index contributed by atoms with van der Waals surface area (Å²) in [4.78, 5) is 12.3. The van der Waals surface area contributed by atoms with E-state index in [1.807, 2.05) is 10.8 Å². The van der Waals surface area contributed by atoms with E-state index in [4.69, 9.17) is 0 Å². The lowest BCUT2D eigenvalue weighted by Crippen LogP contribution is -2.07. The Morgan fingerprint density at radius 1 is 1.25 bits per heavy atom. The van der Waals surface area contributed by atoms with E-state index in [2.05, 4.69) is 20.3 Å². The Hall–Kier alpha value is -2.50. The van der Waals surface area contributed by atoms with Crippen LogP contribution >= 0.6 is 0 Å². The predicted molar refractivity (Wildman–Crippen MR) is 74.8 cm³/mol.